The van der Waals surface area contributed by atoms with E-state index in [4.69, 9.17) is 22.3 Å². The zero-order valence-corrected chi connectivity index (χ0v) is 11.5. The van der Waals surface area contributed by atoms with Crippen LogP contribution in [0.5, 0.6) is 5.75 Å². The lowest BCUT2D eigenvalue weighted by Gasteiger charge is -2.14. The molecule has 6 heteroatoms. The van der Waals surface area contributed by atoms with Crippen LogP contribution in [0.3, 0.4) is 0 Å². The molecular formula is C15H19N3O3. The summed E-state index contributed by atoms with van der Waals surface area (Å²) in [7, 11) is 0. The zero-order chi connectivity index (χ0) is 15.6. The molecule has 0 fully saturated rings. The van der Waals surface area contributed by atoms with Gasteiger partial charge in [0, 0.05) is 23.7 Å². The van der Waals surface area contributed by atoms with Gasteiger partial charge in [-0.1, -0.05) is 0 Å². The molecule has 1 unspecified atom stereocenters. The van der Waals surface area contributed by atoms with Gasteiger partial charge in [-0.05, 0) is 35.4 Å². The number of nitrogens with two attached hydrogens (primary N) is 3. The average molecular weight is 289 g/mol. The van der Waals surface area contributed by atoms with Crippen LogP contribution in [0.4, 0.5) is 17.1 Å². The second kappa shape index (κ2) is 5.90. The van der Waals surface area contributed by atoms with Crippen LogP contribution in [0.2, 0.25) is 0 Å². The van der Waals surface area contributed by atoms with Crippen molar-refractivity contribution in [1.29, 1.82) is 0 Å². The summed E-state index contributed by atoms with van der Waals surface area (Å²) in [6, 6.07) is 8.07. The number of phenols is 1. The van der Waals surface area contributed by atoms with E-state index in [9.17, 15) is 10.2 Å². The van der Waals surface area contributed by atoms with Gasteiger partial charge in [0.1, 0.15) is 5.75 Å². The molecule has 0 amide bonds. The molecule has 6 nitrogen and oxygen atoms in total. The number of aromatic hydroxyl groups is 1. The largest absolute Gasteiger partial charge is 0.508 e. The maximum atomic E-state index is 9.64. The van der Waals surface area contributed by atoms with E-state index in [0.29, 0.717) is 28.2 Å². The van der Waals surface area contributed by atoms with Gasteiger partial charge in [0.05, 0.1) is 24.1 Å². The lowest BCUT2D eigenvalue weighted by Crippen LogP contribution is -2.15. The highest BCUT2D eigenvalue weighted by atomic mass is 16.3. The molecule has 0 aliphatic rings. The van der Waals surface area contributed by atoms with E-state index < -0.39 is 6.10 Å². The average Bonchev–Trinajstić information content (AvgIpc) is 2.41. The van der Waals surface area contributed by atoms with Crippen LogP contribution in [0.15, 0.2) is 30.3 Å². The van der Waals surface area contributed by atoms with E-state index in [2.05, 4.69) is 0 Å². The van der Waals surface area contributed by atoms with Crippen molar-refractivity contribution in [3.8, 4) is 16.9 Å². The number of rotatable bonds is 4. The first kappa shape index (κ1) is 15.0. The summed E-state index contributed by atoms with van der Waals surface area (Å²) in [5.41, 5.74) is 20.7. The minimum absolute atomic E-state index is 0.0313. The Hall–Kier alpha value is -2.44. The first-order valence-electron chi connectivity index (χ1n) is 6.47. The predicted octanol–water partition coefficient (Wildman–Crippen LogP) is 0.701. The quantitative estimate of drug-likeness (QED) is 0.458. The Labute approximate surface area is 122 Å². The van der Waals surface area contributed by atoms with Crippen LogP contribution in [-0.2, 0) is 6.42 Å². The summed E-state index contributed by atoms with van der Waals surface area (Å²) in [5, 5.41) is 28.1. The van der Waals surface area contributed by atoms with Gasteiger partial charge in [-0.15, -0.1) is 0 Å². The highest BCUT2D eigenvalue weighted by Gasteiger charge is 2.12. The van der Waals surface area contributed by atoms with Crippen LogP contribution in [0.25, 0.3) is 11.1 Å². The van der Waals surface area contributed by atoms with Crippen LogP contribution < -0.4 is 17.2 Å². The Balaban J connectivity index is 2.51. The fourth-order valence-electron chi connectivity index (χ4n) is 2.22. The van der Waals surface area contributed by atoms with Crippen molar-refractivity contribution in [2.24, 2.45) is 0 Å². The maximum Gasteiger partial charge on any atom is 0.118 e. The number of phenolic OH excluding ortho intramolecular Hbond substituents is 1. The maximum absolute atomic E-state index is 9.64. The molecule has 0 spiro atoms. The van der Waals surface area contributed by atoms with E-state index in [0.717, 1.165) is 5.56 Å². The van der Waals surface area contributed by atoms with Gasteiger partial charge in [-0.25, -0.2) is 0 Å². The molecule has 0 aliphatic carbocycles. The summed E-state index contributed by atoms with van der Waals surface area (Å²) in [4.78, 5) is 0. The Bertz CT molecular complexity index is 639. The molecule has 0 saturated heterocycles. The van der Waals surface area contributed by atoms with Crippen molar-refractivity contribution < 1.29 is 15.3 Å². The van der Waals surface area contributed by atoms with Crippen LogP contribution in [-0.4, -0.2) is 28.0 Å². The summed E-state index contributed by atoms with van der Waals surface area (Å²) in [6.07, 6.45) is -0.613. The Morgan fingerprint density at radius 3 is 2.33 bits per heavy atom. The van der Waals surface area contributed by atoms with Gasteiger partial charge in [-0.3, -0.25) is 0 Å². The summed E-state index contributed by atoms with van der Waals surface area (Å²) in [5.74, 6) is 0.0313. The number of hydrogen-bond acceptors (Lipinski definition) is 6. The van der Waals surface area contributed by atoms with Crippen LogP contribution in [0, 0.1) is 0 Å². The standard InChI is InChI=1S/C15H19N3O3/c16-10-4-9(5-11(20)6-10)13-2-8(1-12(21)7-19)3-14(17)15(13)18/h2-6,12,19-21H,1,7,16-18H2. The summed E-state index contributed by atoms with van der Waals surface area (Å²) >= 11 is 0. The highest BCUT2D eigenvalue weighted by Crippen LogP contribution is 2.35. The smallest absolute Gasteiger partial charge is 0.118 e. The van der Waals surface area contributed by atoms with Gasteiger partial charge in [0.2, 0.25) is 0 Å². The lowest BCUT2D eigenvalue weighted by atomic mass is 9.97. The lowest BCUT2D eigenvalue weighted by molar-refractivity contribution is 0.0955. The fraction of sp³-hybridized carbons (Fsp3) is 0.200. The molecule has 21 heavy (non-hydrogen) atoms. The second-order valence-corrected chi connectivity index (χ2v) is 5.00. The zero-order valence-electron chi connectivity index (χ0n) is 11.5. The van der Waals surface area contributed by atoms with Crippen molar-refractivity contribution in [2.75, 3.05) is 23.8 Å². The van der Waals surface area contributed by atoms with Gasteiger partial charge >= 0.3 is 0 Å². The molecule has 112 valence electrons. The molecule has 9 N–H and O–H groups in total. The van der Waals surface area contributed by atoms with Crippen molar-refractivity contribution in [2.45, 2.75) is 12.5 Å². The van der Waals surface area contributed by atoms with E-state index in [-0.39, 0.29) is 18.8 Å². The normalized spacial score (nSPS) is 12.3. The van der Waals surface area contributed by atoms with Gasteiger partial charge in [0.25, 0.3) is 0 Å². The Morgan fingerprint density at radius 2 is 1.71 bits per heavy atom. The van der Waals surface area contributed by atoms with E-state index in [1.807, 2.05) is 0 Å². The van der Waals surface area contributed by atoms with Crippen molar-refractivity contribution in [3.05, 3.63) is 35.9 Å². The predicted molar refractivity (Wildman–Crippen MR) is 83.6 cm³/mol. The van der Waals surface area contributed by atoms with Gasteiger partial charge in [-0.2, -0.15) is 0 Å². The molecule has 1 atom stereocenters. The molecule has 2 aromatic rings. The van der Waals surface area contributed by atoms with E-state index in [1.54, 1.807) is 18.2 Å². The molecule has 2 rings (SSSR count). The molecular weight excluding hydrogens is 270 g/mol. The van der Waals surface area contributed by atoms with Crippen molar-refractivity contribution >= 4 is 17.1 Å². The molecule has 2 aromatic carbocycles. The molecule has 0 bridgehead atoms. The first-order valence-corrected chi connectivity index (χ1v) is 6.47. The van der Waals surface area contributed by atoms with Crippen LogP contribution >= 0.6 is 0 Å². The molecule has 0 heterocycles. The molecule has 0 aromatic heterocycles. The first-order chi connectivity index (χ1) is 9.90. The van der Waals surface area contributed by atoms with E-state index >= 15 is 0 Å². The minimum Gasteiger partial charge on any atom is -0.508 e. The number of benzene rings is 2. The van der Waals surface area contributed by atoms with E-state index in [1.165, 1.54) is 12.1 Å². The number of hydrogen-bond donors (Lipinski definition) is 6. The van der Waals surface area contributed by atoms with Gasteiger partial charge in [0.15, 0.2) is 0 Å². The van der Waals surface area contributed by atoms with Crippen molar-refractivity contribution in [3.63, 3.8) is 0 Å². The number of aliphatic hydroxyl groups excluding tert-OH is 2. The Morgan fingerprint density at radius 1 is 1.00 bits per heavy atom. The fourth-order valence-corrected chi connectivity index (χ4v) is 2.22. The van der Waals surface area contributed by atoms with Crippen LogP contribution in [0.1, 0.15) is 5.56 Å². The second-order valence-electron chi connectivity index (χ2n) is 5.00. The molecule has 0 radical (unpaired) electrons. The van der Waals surface area contributed by atoms with Gasteiger partial charge < -0.3 is 32.5 Å². The summed E-state index contributed by atoms with van der Waals surface area (Å²) in [6.45, 7) is -0.335. The molecule has 0 saturated carbocycles. The topological polar surface area (TPSA) is 139 Å². The summed E-state index contributed by atoms with van der Waals surface area (Å²) < 4.78 is 0. The minimum atomic E-state index is -0.866. The number of nitrogen functional groups attached to an aromatic ring is 3. The number of anilines is 3. The SMILES string of the molecule is Nc1cc(O)cc(-c2cc(CC(O)CO)cc(N)c2N)c1. The number of aliphatic hydroxyl groups is 2. The third-order valence-corrected chi connectivity index (χ3v) is 3.20. The Kier molecular flexibility index (Phi) is 4.21. The highest BCUT2D eigenvalue weighted by molar-refractivity contribution is 5.86. The molecule has 0 aliphatic heterocycles. The third-order valence-electron chi connectivity index (χ3n) is 3.20. The third kappa shape index (κ3) is 3.36. The van der Waals surface area contributed by atoms with Crippen molar-refractivity contribution in [1.82, 2.24) is 0 Å². The monoisotopic (exact) mass is 289 g/mol.